The van der Waals surface area contributed by atoms with Crippen LogP contribution in [0.5, 0.6) is 0 Å². The summed E-state index contributed by atoms with van der Waals surface area (Å²) in [5, 5.41) is 0. The molecule has 6 heteroatoms. The maximum absolute atomic E-state index is 11.1. The number of hydrogen-bond donors (Lipinski definition) is 1. The highest BCUT2D eigenvalue weighted by Crippen LogP contribution is 2.11. The maximum atomic E-state index is 11.1. The molecule has 5 nitrogen and oxygen atoms in total. The van der Waals surface area contributed by atoms with Gasteiger partial charge in [-0.1, -0.05) is 18.7 Å². The number of benzene rings is 1. The van der Waals surface area contributed by atoms with E-state index in [4.69, 9.17) is 9.29 Å². The summed E-state index contributed by atoms with van der Waals surface area (Å²) in [6.45, 7) is 4.98. The lowest BCUT2D eigenvalue weighted by Gasteiger charge is -2.04. The van der Waals surface area contributed by atoms with E-state index in [-0.39, 0.29) is 11.5 Å². The van der Waals surface area contributed by atoms with Crippen LogP contribution in [0.3, 0.4) is 0 Å². The van der Waals surface area contributed by atoms with Gasteiger partial charge >= 0.3 is 5.97 Å². The van der Waals surface area contributed by atoms with E-state index >= 15 is 0 Å². The van der Waals surface area contributed by atoms with Crippen molar-refractivity contribution >= 4 is 16.1 Å². The van der Waals surface area contributed by atoms with Crippen molar-refractivity contribution in [2.75, 3.05) is 0 Å². The quantitative estimate of drug-likeness (QED) is 0.502. The molecule has 0 bridgehead atoms. The second kappa shape index (κ2) is 5.11. The Balaban J connectivity index is 2.70. The summed E-state index contributed by atoms with van der Waals surface area (Å²) < 4.78 is 35.1. The van der Waals surface area contributed by atoms with Crippen LogP contribution in [0.25, 0.3) is 0 Å². The van der Waals surface area contributed by atoms with Crippen molar-refractivity contribution < 1.29 is 22.5 Å². The Morgan fingerprint density at radius 1 is 1.35 bits per heavy atom. The van der Waals surface area contributed by atoms with E-state index < -0.39 is 16.1 Å². The normalized spacial score (nSPS) is 10.9. The summed E-state index contributed by atoms with van der Waals surface area (Å²) in [4.78, 5) is 10.9. The molecule has 0 fully saturated rings. The molecule has 1 N–H and O–H groups in total. The molecule has 0 heterocycles. The van der Waals surface area contributed by atoms with Gasteiger partial charge < -0.3 is 4.74 Å². The Bertz CT molecular complexity index is 527. The van der Waals surface area contributed by atoms with Crippen LogP contribution < -0.4 is 0 Å². The van der Waals surface area contributed by atoms with Crippen LogP contribution in [0.2, 0.25) is 0 Å². The Morgan fingerprint density at radius 2 is 1.88 bits per heavy atom. The zero-order valence-electron chi connectivity index (χ0n) is 9.21. The van der Waals surface area contributed by atoms with E-state index in [0.717, 1.165) is 0 Å². The van der Waals surface area contributed by atoms with Gasteiger partial charge in [0.1, 0.15) is 6.61 Å². The molecule has 0 atom stereocenters. The Hall–Kier alpha value is -1.66. The molecule has 17 heavy (non-hydrogen) atoms. The predicted molar refractivity (Wildman–Crippen MR) is 60.9 cm³/mol. The number of rotatable bonds is 4. The minimum atomic E-state index is -4.19. The van der Waals surface area contributed by atoms with E-state index in [2.05, 4.69) is 6.58 Å². The molecule has 92 valence electrons. The molecule has 0 amide bonds. The first-order chi connectivity index (χ1) is 7.80. The molecule has 1 aromatic rings. The molecule has 1 aromatic carbocycles. The molecule has 0 saturated carbocycles. The molecule has 0 spiro atoms. The Kier molecular flexibility index (Phi) is 4.03. The second-order valence-corrected chi connectivity index (χ2v) is 4.90. The molecule has 0 aliphatic carbocycles. The fourth-order valence-corrected chi connectivity index (χ4v) is 1.51. The van der Waals surface area contributed by atoms with Gasteiger partial charge in [0, 0.05) is 5.57 Å². The first-order valence-corrected chi connectivity index (χ1v) is 6.14. The van der Waals surface area contributed by atoms with Crippen LogP contribution in [0.15, 0.2) is 41.3 Å². The van der Waals surface area contributed by atoms with Gasteiger partial charge in [0.15, 0.2) is 0 Å². The van der Waals surface area contributed by atoms with Gasteiger partial charge in [-0.25, -0.2) is 4.79 Å². The smallest absolute Gasteiger partial charge is 0.333 e. The van der Waals surface area contributed by atoms with Gasteiger partial charge in [-0.3, -0.25) is 4.55 Å². The van der Waals surface area contributed by atoms with Crippen LogP contribution in [0, 0.1) is 0 Å². The molecule has 0 aromatic heterocycles. The number of ether oxygens (including phenoxy) is 1. The SMILES string of the molecule is C=C(C)C(=O)OCc1ccc(S(=O)(=O)O)cc1. The summed E-state index contributed by atoms with van der Waals surface area (Å²) in [5.41, 5.74) is 0.909. The van der Waals surface area contributed by atoms with Gasteiger partial charge in [0.25, 0.3) is 10.1 Å². The number of hydrogen-bond acceptors (Lipinski definition) is 4. The van der Waals surface area contributed by atoms with Crippen LogP contribution in [0.4, 0.5) is 0 Å². The van der Waals surface area contributed by atoms with Crippen molar-refractivity contribution in [3.63, 3.8) is 0 Å². The van der Waals surface area contributed by atoms with Crippen molar-refractivity contribution in [2.24, 2.45) is 0 Å². The van der Waals surface area contributed by atoms with E-state index in [9.17, 15) is 13.2 Å². The second-order valence-electron chi connectivity index (χ2n) is 3.48. The van der Waals surface area contributed by atoms with Gasteiger partial charge in [-0.15, -0.1) is 0 Å². The van der Waals surface area contributed by atoms with Crippen molar-refractivity contribution in [3.05, 3.63) is 42.0 Å². The Morgan fingerprint density at radius 3 is 2.29 bits per heavy atom. The molecule has 0 aliphatic heterocycles. The molecule has 0 unspecified atom stereocenters. The predicted octanol–water partition coefficient (Wildman–Crippen LogP) is 1.55. The lowest BCUT2D eigenvalue weighted by atomic mass is 10.2. The van der Waals surface area contributed by atoms with Crippen molar-refractivity contribution in [3.8, 4) is 0 Å². The average Bonchev–Trinajstić information content (AvgIpc) is 2.25. The van der Waals surface area contributed by atoms with Crippen LogP contribution in [0.1, 0.15) is 12.5 Å². The molecular weight excluding hydrogens is 244 g/mol. The van der Waals surface area contributed by atoms with Crippen LogP contribution >= 0.6 is 0 Å². The van der Waals surface area contributed by atoms with Gasteiger partial charge in [-0.05, 0) is 24.6 Å². The van der Waals surface area contributed by atoms with E-state index in [1.165, 1.54) is 31.2 Å². The monoisotopic (exact) mass is 256 g/mol. The lowest BCUT2D eigenvalue weighted by molar-refractivity contribution is -0.140. The fraction of sp³-hybridized carbons (Fsp3) is 0.182. The maximum Gasteiger partial charge on any atom is 0.333 e. The topological polar surface area (TPSA) is 80.7 Å². The third kappa shape index (κ3) is 4.01. The van der Waals surface area contributed by atoms with Gasteiger partial charge in [0.05, 0.1) is 4.90 Å². The van der Waals surface area contributed by atoms with Crippen molar-refractivity contribution in [1.82, 2.24) is 0 Å². The molecule has 0 radical (unpaired) electrons. The Labute approximate surface area is 99.5 Å². The summed E-state index contributed by atoms with van der Waals surface area (Å²) in [6.07, 6.45) is 0. The summed E-state index contributed by atoms with van der Waals surface area (Å²) in [6, 6.07) is 5.38. The molecular formula is C11H12O5S. The van der Waals surface area contributed by atoms with E-state index in [0.29, 0.717) is 11.1 Å². The number of carbonyl (C=O) groups is 1. The first-order valence-electron chi connectivity index (χ1n) is 4.70. The zero-order chi connectivity index (χ0) is 13.1. The minimum absolute atomic E-state index is 0.0252. The van der Waals surface area contributed by atoms with Crippen molar-refractivity contribution in [2.45, 2.75) is 18.4 Å². The largest absolute Gasteiger partial charge is 0.457 e. The minimum Gasteiger partial charge on any atom is -0.457 e. The van der Waals surface area contributed by atoms with Gasteiger partial charge in [0.2, 0.25) is 0 Å². The van der Waals surface area contributed by atoms with Crippen LogP contribution in [-0.4, -0.2) is 18.9 Å². The average molecular weight is 256 g/mol. The summed E-state index contributed by atoms with van der Waals surface area (Å²) in [5.74, 6) is -0.510. The standard InChI is InChI=1S/C11H12O5S/c1-8(2)11(12)16-7-9-3-5-10(6-4-9)17(13,14)15/h3-6H,1,7H2,2H3,(H,13,14,15). The van der Waals surface area contributed by atoms with Crippen molar-refractivity contribution in [1.29, 1.82) is 0 Å². The molecule has 0 saturated heterocycles. The molecule has 0 aliphatic rings. The highest BCUT2D eigenvalue weighted by molar-refractivity contribution is 7.85. The van der Waals surface area contributed by atoms with Gasteiger partial charge in [-0.2, -0.15) is 8.42 Å². The zero-order valence-corrected chi connectivity index (χ0v) is 10.0. The summed E-state index contributed by atoms with van der Waals surface area (Å²) in [7, 11) is -4.19. The van der Waals surface area contributed by atoms with E-state index in [1.54, 1.807) is 0 Å². The first kappa shape index (κ1) is 13.4. The summed E-state index contributed by atoms with van der Waals surface area (Å²) >= 11 is 0. The highest BCUT2D eigenvalue weighted by Gasteiger charge is 2.09. The van der Waals surface area contributed by atoms with E-state index in [1.807, 2.05) is 0 Å². The van der Waals surface area contributed by atoms with Crippen LogP contribution in [-0.2, 0) is 26.3 Å². The number of esters is 1. The number of carbonyl (C=O) groups excluding carboxylic acids is 1. The molecule has 1 rings (SSSR count). The highest BCUT2D eigenvalue weighted by atomic mass is 32.2. The third-order valence-corrected chi connectivity index (χ3v) is 2.81. The lowest BCUT2D eigenvalue weighted by Crippen LogP contribution is -2.05. The third-order valence-electron chi connectivity index (χ3n) is 1.94. The fourth-order valence-electron chi connectivity index (χ4n) is 1.03.